The highest BCUT2D eigenvalue weighted by molar-refractivity contribution is 9.10. The summed E-state index contributed by atoms with van der Waals surface area (Å²) in [5.41, 5.74) is 0.449. The summed E-state index contributed by atoms with van der Waals surface area (Å²) in [4.78, 5) is 23.9. The van der Waals surface area contributed by atoms with Crippen molar-refractivity contribution in [1.82, 2.24) is 0 Å². The Morgan fingerprint density at radius 3 is 2.17 bits per heavy atom. The molecule has 0 radical (unpaired) electrons. The third-order valence-corrected chi connectivity index (χ3v) is 3.74. The molecule has 126 valence electrons. The number of ketones is 1. The van der Waals surface area contributed by atoms with E-state index in [1.54, 1.807) is 62.6 Å². The number of esters is 1. The van der Waals surface area contributed by atoms with E-state index in [4.69, 9.17) is 14.2 Å². The summed E-state index contributed by atoms with van der Waals surface area (Å²) in [5, 5.41) is 0. The predicted molar refractivity (Wildman–Crippen MR) is 92.5 cm³/mol. The van der Waals surface area contributed by atoms with Gasteiger partial charge in [0.25, 0.3) is 0 Å². The monoisotopic (exact) mass is 392 g/mol. The van der Waals surface area contributed by atoms with Crippen molar-refractivity contribution in [2.45, 2.75) is 13.0 Å². The lowest BCUT2D eigenvalue weighted by Gasteiger charge is -2.13. The van der Waals surface area contributed by atoms with Crippen molar-refractivity contribution in [3.05, 3.63) is 58.6 Å². The van der Waals surface area contributed by atoms with Gasteiger partial charge in [0.2, 0.25) is 0 Å². The first-order valence-electron chi connectivity index (χ1n) is 7.25. The molecule has 0 spiro atoms. The largest absolute Gasteiger partial charge is 0.497 e. The second-order valence-electron chi connectivity index (χ2n) is 4.97. The minimum atomic E-state index is -0.810. The number of hydrogen-bond acceptors (Lipinski definition) is 5. The van der Waals surface area contributed by atoms with Crippen LogP contribution in [0.5, 0.6) is 11.5 Å². The van der Waals surface area contributed by atoms with Crippen molar-refractivity contribution in [1.29, 1.82) is 0 Å². The summed E-state index contributed by atoms with van der Waals surface area (Å²) in [6.45, 7) is 1.24. The van der Waals surface area contributed by atoms with Crippen LogP contribution < -0.4 is 9.47 Å². The Bertz CT molecular complexity index is 694. The predicted octanol–water partition coefficient (Wildman–Crippen LogP) is 3.65. The molecule has 5 nitrogen and oxygen atoms in total. The number of halogens is 1. The molecular weight excluding hydrogens is 376 g/mol. The Labute approximate surface area is 148 Å². The Morgan fingerprint density at radius 2 is 1.58 bits per heavy atom. The minimum Gasteiger partial charge on any atom is -0.497 e. The van der Waals surface area contributed by atoms with Crippen LogP contribution in [0, 0.1) is 0 Å². The zero-order valence-electron chi connectivity index (χ0n) is 13.3. The number of Topliss-reactive ketones (excluding diaryl/α,β-unsaturated/α-hetero) is 1. The third kappa shape index (κ3) is 5.09. The first kappa shape index (κ1) is 18.0. The van der Waals surface area contributed by atoms with Crippen LogP contribution in [0.3, 0.4) is 0 Å². The molecule has 0 fully saturated rings. The second-order valence-corrected chi connectivity index (χ2v) is 5.89. The molecule has 6 heteroatoms. The second kappa shape index (κ2) is 8.49. The number of ether oxygens (including phenoxy) is 3. The third-order valence-electron chi connectivity index (χ3n) is 3.22. The SMILES string of the molecule is COc1ccc(C(=O)COC(=O)[C@@H](C)Oc2ccc(Br)cc2)cc1. The van der Waals surface area contributed by atoms with Crippen molar-refractivity contribution in [3.8, 4) is 11.5 Å². The summed E-state index contributed by atoms with van der Waals surface area (Å²) in [5.74, 6) is 0.311. The normalized spacial score (nSPS) is 11.5. The van der Waals surface area contributed by atoms with Crippen LogP contribution in [0.25, 0.3) is 0 Å². The number of carbonyl (C=O) groups is 2. The first-order chi connectivity index (χ1) is 11.5. The lowest BCUT2D eigenvalue weighted by atomic mass is 10.1. The quantitative estimate of drug-likeness (QED) is 0.531. The highest BCUT2D eigenvalue weighted by atomic mass is 79.9. The maximum atomic E-state index is 12.0. The van der Waals surface area contributed by atoms with Crippen LogP contribution in [-0.2, 0) is 9.53 Å². The fourth-order valence-electron chi connectivity index (χ4n) is 1.88. The Kier molecular flexibility index (Phi) is 6.37. The van der Waals surface area contributed by atoms with Crippen LogP contribution in [-0.4, -0.2) is 31.6 Å². The molecule has 0 aliphatic heterocycles. The smallest absolute Gasteiger partial charge is 0.347 e. The summed E-state index contributed by atoms with van der Waals surface area (Å²) in [6.07, 6.45) is -0.810. The summed E-state index contributed by atoms with van der Waals surface area (Å²) in [6, 6.07) is 13.7. The van der Waals surface area contributed by atoms with Gasteiger partial charge in [0.15, 0.2) is 18.5 Å². The van der Waals surface area contributed by atoms with Gasteiger partial charge in [-0.1, -0.05) is 15.9 Å². The molecular formula is C18H17BrO5. The molecule has 24 heavy (non-hydrogen) atoms. The molecule has 2 rings (SSSR count). The van der Waals surface area contributed by atoms with E-state index in [0.29, 0.717) is 17.1 Å². The van der Waals surface area contributed by atoms with Crippen LogP contribution in [0.15, 0.2) is 53.0 Å². The zero-order valence-corrected chi connectivity index (χ0v) is 14.9. The van der Waals surface area contributed by atoms with Gasteiger partial charge in [-0.3, -0.25) is 4.79 Å². The van der Waals surface area contributed by atoms with Crippen LogP contribution in [0.1, 0.15) is 17.3 Å². The van der Waals surface area contributed by atoms with E-state index in [2.05, 4.69) is 15.9 Å². The fraction of sp³-hybridized carbons (Fsp3) is 0.222. The van der Waals surface area contributed by atoms with Crippen molar-refractivity contribution in [2.75, 3.05) is 13.7 Å². The van der Waals surface area contributed by atoms with Gasteiger partial charge in [-0.25, -0.2) is 4.79 Å². The van der Waals surface area contributed by atoms with Crippen molar-refractivity contribution < 1.29 is 23.8 Å². The zero-order chi connectivity index (χ0) is 17.5. The van der Waals surface area contributed by atoms with E-state index < -0.39 is 12.1 Å². The van der Waals surface area contributed by atoms with E-state index in [0.717, 1.165) is 4.47 Å². The van der Waals surface area contributed by atoms with Gasteiger partial charge < -0.3 is 14.2 Å². The van der Waals surface area contributed by atoms with E-state index >= 15 is 0 Å². The van der Waals surface area contributed by atoms with Crippen LogP contribution >= 0.6 is 15.9 Å². The molecule has 0 bridgehead atoms. The van der Waals surface area contributed by atoms with E-state index in [1.807, 2.05) is 0 Å². The average Bonchev–Trinajstić information content (AvgIpc) is 2.61. The molecule has 2 aromatic rings. The minimum absolute atomic E-state index is 0.290. The fourth-order valence-corrected chi connectivity index (χ4v) is 2.14. The van der Waals surface area contributed by atoms with Gasteiger partial charge in [-0.05, 0) is 55.5 Å². The lowest BCUT2D eigenvalue weighted by Crippen LogP contribution is -2.28. The van der Waals surface area contributed by atoms with Gasteiger partial charge >= 0.3 is 5.97 Å². The van der Waals surface area contributed by atoms with E-state index in [1.165, 1.54) is 0 Å². The summed E-state index contributed by atoms with van der Waals surface area (Å²) >= 11 is 3.32. The van der Waals surface area contributed by atoms with E-state index in [-0.39, 0.29) is 12.4 Å². The van der Waals surface area contributed by atoms with Gasteiger partial charge in [0.1, 0.15) is 11.5 Å². The standard InChI is InChI=1S/C18H17BrO5/c1-12(24-16-9-5-14(19)6-10-16)18(21)23-11-17(20)13-3-7-15(22-2)8-4-13/h3-10,12H,11H2,1-2H3/t12-/m1/s1. The number of hydrogen-bond donors (Lipinski definition) is 0. The summed E-state index contributed by atoms with van der Waals surface area (Å²) < 4.78 is 16.4. The maximum absolute atomic E-state index is 12.0. The molecule has 0 heterocycles. The molecule has 0 saturated carbocycles. The number of benzene rings is 2. The lowest BCUT2D eigenvalue weighted by molar-refractivity contribution is -0.149. The highest BCUT2D eigenvalue weighted by Gasteiger charge is 2.18. The van der Waals surface area contributed by atoms with Crippen LogP contribution in [0.4, 0.5) is 0 Å². The van der Waals surface area contributed by atoms with Gasteiger partial charge in [-0.15, -0.1) is 0 Å². The topological polar surface area (TPSA) is 61.8 Å². The highest BCUT2D eigenvalue weighted by Crippen LogP contribution is 2.17. The van der Waals surface area contributed by atoms with Crippen LogP contribution in [0.2, 0.25) is 0 Å². The molecule has 1 atom stereocenters. The Morgan fingerprint density at radius 1 is 1.00 bits per heavy atom. The first-order valence-corrected chi connectivity index (χ1v) is 8.05. The van der Waals surface area contributed by atoms with Gasteiger partial charge in [0, 0.05) is 10.0 Å². The maximum Gasteiger partial charge on any atom is 0.347 e. The molecule has 2 aromatic carbocycles. The van der Waals surface area contributed by atoms with Crippen molar-refractivity contribution in [3.63, 3.8) is 0 Å². The molecule has 0 saturated heterocycles. The van der Waals surface area contributed by atoms with Crippen molar-refractivity contribution >= 4 is 27.7 Å². The number of methoxy groups -OCH3 is 1. The Hall–Kier alpha value is -2.34. The molecule has 0 amide bonds. The summed E-state index contributed by atoms with van der Waals surface area (Å²) in [7, 11) is 1.55. The van der Waals surface area contributed by atoms with Crippen molar-refractivity contribution in [2.24, 2.45) is 0 Å². The Balaban J connectivity index is 1.84. The molecule has 0 N–H and O–H groups in total. The van der Waals surface area contributed by atoms with E-state index in [9.17, 15) is 9.59 Å². The van der Waals surface area contributed by atoms with Gasteiger partial charge in [0.05, 0.1) is 7.11 Å². The average molecular weight is 393 g/mol. The van der Waals surface area contributed by atoms with Gasteiger partial charge in [-0.2, -0.15) is 0 Å². The molecule has 0 aromatic heterocycles. The molecule has 0 aliphatic rings. The number of rotatable bonds is 7. The molecule has 0 aliphatic carbocycles. The number of carbonyl (C=O) groups excluding carboxylic acids is 2. The molecule has 0 unspecified atom stereocenters.